The van der Waals surface area contributed by atoms with Gasteiger partial charge in [-0.05, 0) is 30.7 Å². The number of carboxylic acid groups (broad SMARTS) is 1. The quantitative estimate of drug-likeness (QED) is 0.253. The van der Waals surface area contributed by atoms with E-state index in [4.69, 9.17) is 11.5 Å². The van der Waals surface area contributed by atoms with Gasteiger partial charge in [0.2, 0.25) is 11.8 Å². The molecule has 1 aromatic carbocycles. The fourth-order valence-corrected chi connectivity index (χ4v) is 2.79. The van der Waals surface area contributed by atoms with Gasteiger partial charge in [-0.2, -0.15) is 0 Å². The summed E-state index contributed by atoms with van der Waals surface area (Å²) in [5, 5.41) is 16.8. The van der Waals surface area contributed by atoms with Gasteiger partial charge < -0.3 is 32.5 Å². The Balaban J connectivity index is 2.67. The van der Waals surface area contributed by atoms with E-state index in [0.717, 1.165) is 5.56 Å². The van der Waals surface area contributed by atoms with Gasteiger partial charge in [0.05, 0.1) is 6.04 Å². The maximum atomic E-state index is 12.6. The highest BCUT2D eigenvalue weighted by molar-refractivity contribution is 5.92. The van der Waals surface area contributed by atoms with Crippen molar-refractivity contribution in [3.63, 3.8) is 0 Å². The predicted molar refractivity (Wildman–Crippen MR) is 111 cm³/mol. The fourth-order valence-electron chi connectivity index (χ4n) is 2.79. The maximum Gasteiger partial charge on any atom is 0.326 e. The first-order chi connectivity index (χ1) is 14.1. The molecule has 166 valence electrons. The third kappa shape index (κ3) is 8.91. The molecule has 0 saturated carbocycles. The van der Waals surface area contributed by atoms with Crippen LogP contribution in [0.2, 0.25) is 0 Å². The zero-order valence-electron chi connectivity index (χ0n) is 17.3. The molecule has 0 radical (unpaired) electrons. The molecule has 0 heterocycles. The third-order valence-corrected chi connectivity index (χ3v) is 4.47. The number of nitrogens with two attached hydrogens (primary N) is 2. The van der Waals surface area contributed by atoms with Crippen LogP contribution in [0, 0.1) is 5.92 Å². The average molecular weight is 421 g/mol. The molecule has 10 heteroatoms. The molecule has 0 aliphatic rings. The van der Waals surface area contributed by atoms with Crippen LogP contribution in [0.3, 0.4) is 0 Å². The topological polar surface area (TPSA) is 177 Å². The second-order valence-corrected chi connectivity index (χ2v) is 7.36. The summed E-state index contributed by atoms with van der Waals surface area (Å²) in [6.45, 7) is 3.66. The molecule has 0 spiro atoms. The van der Waals surface area contributed by atoms with Gasteiger partial charge in [0.25, 0.3) is 0 Å². The number of primary amides is 1. The molecule has 0 aromatic heterocycles. The van der Waals surface area contributed by atoms with Gasteiger partial charge in [0.15, 0.2) is 0 Å². The molecule has 10 nitrogen and oxygen atoms in total. The Bertz CT molecular complexity index is 726. The van der Waals surface area contributed by atoms with Crippen molar-refractivity contribution >= 4 is 23.8 Å². The minimum Gasteiger partial charge on any atom is -0.480 e. The summed E-state index contributed by atoms with van der Waals surface area (Å²) >= 11 is 0. The first-order valence-corrected chi connectivity index (χ1v) is 9.78. The molecular formula is C20H31N5O5. The smallest absolute Gasteiger partial charge is 0.326 e. The molecule has 30 heavy (non-hydrogen) atoms. The molecule has 1 rings (SSSR count). The van der Waals surface area contributed by atoms with Crippen LogP contribution in [-0.4, -0.2) is 53.6 Å². The largest absolute Gasteiger partial charge is 0.480 e. The highest BCUT2D eigenvalue weighted by atomic mass is 16.4. The van der Waals surface area contributed by atoms with Gasteiger partial charge in [0.1, 0.15) is 12.1 Å². The lowest BCUT2D eigenvalue weighted by Crippen LogP contribution is -2.56. The van der Waals surface area contributed by atoms with Crippen molar-refractivity contribution in [2.45, 2.75) is 51.2 Å². The van der Waals surface area contributed by atoms with Crippen molar-refractivity contribution in [3.8, 4) is 0 Å². The van der Waals surface area contributed by atoms with Crippen molar-refractivity contribution in [2.75, 3.05) is 6.54 Å². The Morgan fingerprint density at radius 3 is 2.20 bits per heavy atom. The Morgan fingerprint density at radius 2 is 1.67 bits per heavy atom. The van der Waals surface area contributed by atoms with Gasteiger partial charge >= 0.3 is 12.0 Å². The minimum absolute atomic E-state index is 0.0909. The van der Waals surface area contributed by atoms with E-state index in [-0.39, 0.29) is 18.9 Å². The van der Waals surface area contributed by atoms with Crippen LogP contribution in [0.25, 0.3) is 0 Å². The van der Waals surface area contributed by atoms with Crippen LogP contribution in [0.5, 0.6) is 0 Å². The minimum atomic E-state index is -1.21. The Morgan fingerprint density at radius 1 is 1.03 bits per heavy atom. The Hall–Kier alpha value is -3.14. The molecule has 3 atom stereocenters. The van der Waals surface area contributed by atoms with Crippen LogP contribution < -0.4 is 27.4 Å². The van der Waals surface area contributed by atoms with Gasteiger partial charge in [-0.15, -0.1) is 0 Å². The second-order valence-electron chi connectivity index (χ2n) is 7.36. The maximum absolute atomic E-state index is 12.6. The molecule has 0 fully saturated rings. The first-order valence-electron chi connectivity index (χ1n) is 9.78. The van der Waals surface area contributed by atoms with E-state index >= 15 is 0 Å². The second kappa shape index (κ2) is 12.4. The summed E-state index contributed by atoms with van der Waals surface area (Å²) in [5.41, 5.74) is 11.8. The molecule has 0 bridgehead atoms. The van der Waals surface area contributed by atoms with Crippen molar-refractivity contribution in [1.29, 1.82) is 0 Å². The zero-order chi connectivity index (χ0) is 22.7. The van der Waals surface area contributed by atoms with E-state index in [1.165, 1.54) is 0 Å². The number of amides is 4. The molecule has 8 N–H and O–H groups in total. The number of carboxylic acids is 1. The third-order valence-electron chi connectivity index (χ3n) is 4.47. The normalized spacial score (nSPS) is 13.7. The number of rotatable bonds is 12. The SMILES string of the molecule is CC(C)[C@H](NC(=O)[C@@H](N)Cc1ccccc1)C(=O)N[C@@H](CCCNC(N)=O)C(=O)O. The molecule has 1 aromatic rings. The molecule has 0 saturated heterocycles. The molecule has 4 amide bonds. The number of hydrogen-bond donors (Lipinski definition) is 6. The van der Waals surface area contributed by atoms with Crippen LogP contribution in [-0.2, 0) is 20.8 Å². The number of nitrogens with one attached hydrogen (secondary N) is 3. The van der Waals surface area contributed by atoms with Crippen molar-refractivity contribution in [1.82, 2.24) is 16.0 Å². The van der Waals surface area contributed by atoms with Crippen molar-refractivity contribution in [2.24, 2.45) is 17.4 Å². The fraction of sp³-hybridized carbons (Fsp3) is 0.500. The van der Waals surface area contributed by atoms with E-state index in [1.807, 2.05) is 30.3 Å². The van der Waals surface area contributed by atoms with Crippen LogP contribution in [0.15, 0.2) is 30.3 Å². The predicted octanol–water partition coefficient (Wildman–Crippen LogP) is -0.285. The first kappa shape index (κ1) is 24.9. The number of aliphatic carboxylic acids is 1. The molecule has 0 aliphatic heterocycles. The summed E-state index contributed by atoms with van der Waals surface area (Å²) in [6.07, 6.45) is 0.707. The molecular weight excluding hydrogens is 390 g/mol. The Kier molecular flexibility index (Phi) is 10.3. The number of benzene rings is 1. The van der Waals surface area contributed by atoms with Gasteiger partial charge in [0, 0.05) is 6.54 Å². The highest BCUT2D eigenvalue weighted by Gasteiger charge is 2.29. The number of urea groups is 1. The van der Waals surface area contributed by atoms with Gasteiger partial charge in [-0.1, -0.05) is 44.2 Å². The van der Waals surface area contributed by atoms with E-state index in [2.05, 4.69) is 16.0 Å². The summed E-state index contributed by atoms with van der Waals surface area (Å²) < 4.78 is 0. The monoisotopic (exact) mass is 421 g/mol. The lowest BCUT2D eigenvalue weighted by atomic mass is 10.0. The van der Waals surface area contributed by atoms with Crippen LogP contribution in [0.1, 0.15) is 32.3 Å². The number of hydrogen-bond acceptors (Lipinski definition) is 5. The van der Waals surface area contributed by atoms with E-state index in [1.54, 1.807) is 13.8 Å². The number of carbonyl (C=O) groups is 4. The molecule has 0 unspecified atom stereocenters. The average Bonchev–Trinajstić information content (AvgIpc) is 2.68. The summed E-state index contributed by atoms with van der Waals surface area (Å²) in [7, 11) is 0. The standard InChI is InChI=1S/C20H31N5O5/c1-12(2)16(25-17(26)14(21)11-13-7-4-3-5-8-13)18(27)24-15(19(28)29)9-6-10-23-20(22)30/h3-5,7-8,12,14-16H,6,9-11,21H2,1-2H3,(H,24,27)(H,25,26)(H,28,29)(H3,22,23,30)/t14-,15-,16-/m0/s1. The van der Waals surface area contributed by atoms with Crippen molar-refractivity contribution < 1.29 is 24.3 Å². The number of carbonyl (C=O) groups excluding carboxylic acids is 3. The van der Waals surface area contributed by atoms with Gasteiger partial charge in [-0.25, -0.2) is 9.59 Å². The Labute approximate surface area is 175 Å². The van der Waals surface area contributed by atoms with E-state index < -0.39 is 41.9 Å². The van der Waals surface area contributed by atoms with E-state index in [9.17, 15) is 24.3 Å². The van der Waals surface area contributed by atoms with Crippen molar-refractivity contribution in [3.05, 3.63) is 35.9 Å². The summed E-state index contributed by atoms with van der Waals surface area (Å²) in [5.74, 6) is -2.60. The van der Waals surface area contributed by atoms with Gasteiger partial charge in [-0.3, -0.25) is 9.59 Å². The molecule has 0 aliphatic carbocycles. The van der Waals surface area contributed by atoms with Crippen LogP contribution >= 0.6 is 0 Å². The van der Waals surface area contributed by atoms with E-state index in [0.29, 0.717) is 12.8 Å². The summed E-state index contributed by atoms with van der Waals surface area (Å²) in [4.78, 5) is 47.2. The van der Waals surface area contributed by atoms with Crippen LogP contribution in [0.4, 0.5) is 4.79 Å². The lowest BCUT2D eigenvalue weighted by Gasteiger charge is -2.25. The summed E-state index contributed by atoms with van der Waals surface area (Å²) in [6, 6.07) is 5.58. The zero-order valence-corrected chi connectivity index (χ0v) is 17.3. The highest BCUT2D eigenvalue weighted by Crippen LogP contribution is 2.07. The lowest BCUT2D eigenvalue weighted by molar-refractivity contribution is -0.142.